The number of nitrogens with one attached hydrogen (secondary N) is 1. The van der Waals surface area contributed by atoms with Gasteiger partial charge in [-0.25, -0.2) is 17.7 Å². The molecule has 182 valence electrons. The SMILES string of the molecule is C/C=C/COC(c1c[nH]cn1)C1CCC(CN(C)S(=O)(=O)c2ccc(C(F)(F)F)cc2)CC1. The Hall–Kier alpha value is -2.17. The Morgan fingerprint density at radius 3 is 2.42 bits per heavy atom. The monoisotopic (exact) mass is 485 g/mol. The molecule has 2 aromatic rings. The second kappa shape index (κ2) is 10.8. The Labute approximate surface area is 192 Å². The van der Waals surface area contributed by atoms with Crippen molar-refractivity contribution in [2.45, 2.75) is 49.8 Å². The van der Waals surface area contributed by atoms with Crippen LogP contribution in [0.25, 0.3) is 0 Å². The first-order valence-corrected chi connectivity index (χ1v) is 12.4. The smallest absolute Gasteiger partial charge is 0.368 e. The molecule has 3 rings (SSSR count). The van der Waals surface area contributed by atoms with E-state index < -0.39 is 21.8 Å². The number of sulfonamides is 1. The number of ether oxygens (including phenoxy) is 1. The number of alkyl halides is 3. The van der Waals surface area contributed by atoms with Crippen LogP contribution < -0.4 is 0 Å². The normalized spacial score (nSPS) is 21.0. The number of hydrogen-bond donors (Lipinski definition) is 1. The molecule has 10 heteroatoms. The molecule has 1 aromatic heterocycles. The number of imidazole rings is 1. The lowest BCUT2D eigenvalue weighted by Gasteiger charge is -2.34. The lowest BCUT2D eigenvalue weighted by molar-refractivity contribution is -0.137. The zero-order chi connectivity index (χ0) is 24.1. The van der Waals surface area contributed by atoms with E-state index in [4.69, 9.17) is 4.74 Å². The van der Waals surface area contributed by atoms with Crippen LogP contribution >= 0.6 is 0 Å². The van der Waals surface area contributed by atoms with Gasteiger partial charge in [0.15, 0.2) is 0 Å². The predicted molar refractivity (Wildman–Crippen MR) is 119 cm³/mol. The molecule has 33 heavy (non-hydrogen) atoms. The van der Waals surface area contributed by atoms with Gasteiger partial charge in [0.2, 0.25) is 10.0 Å². The maximum Gasteiger partial charge on any atom is 0.416 e. The molecule has 1 unspecified atom stereocenters. The zero-order valence-corrected chi connectivity index (χ0v) is 19.6. The third-order valence-electron chi connectivity index (χ3n) is 6.14. The van der Waals surface area contributed by atoms with Crippen molar-refractivity contribution in [3.63, 3.8) is 0 Å². The largest absolute Gasteiger partial charge is 0.416 e. The van der Waals surface area contributed by atoms with Gasteiger partial charge in [0, 0.05) is 19.8 Å². The third-order valence-corrected chi connectivity index (χ3v) is 7.98. The maximum absolute atomic E-state index is 12.8. The van der Waals surface area contributed by atoms with Gasteiger partial charge in [-0.05, 0) is 68.7 Å². The van der Waals surface area contributed by atoms with Crippen molar-refractivity contribution < 1.29 is 26.3 Å². The molecular formula is C23H30F3N3O3S. The van der Waals surface area contributed by atoms with Crippen molar-refractivity contribution in [2.24, 2.45) is 11.8 Å². The molecule has 1 fully saturated rings. The van der Waals surface area contributed by atoms with E-state index in [2.05, 4.69) is 9.97 Å². The summed E-state index contributed by atoms with van der Waals surface area (Å²) in [7, 11) is -2.38. The Balaban J connectivity index is 1.59. The molecule has 0 spiro atoms. The van der Waals surface area contributed by atoms with E-state index in [0.29, 0.717) is 13.2 Å². The van der Waals surface area contributed by atoms with Crippen LogP contribution in [0.1, 0.15) is 50.0 Å². The number of allylic oxidation sites excluding steroid dienone is 1. The van der Waals surface area contributed by atoms with Gasteiger partial charge >= 0.3 is 6.18 Å². The highest BCUT2D eigenvalue weighted by molar-refractivity contribution is 7.89. The van der Waals surface area contributed by atoms with E-state index in [9.17, 15) is 21.6 Å². The first-order valence-electron chi connectivity index (χ1n) is 11.0. The van der Waals surface area contributed by atoms with Crippen LogP contribution in [-0.2, 0) is 20.9 Å². The minimum absolute atomic E-state index is 0.123. The van der Waals surface area contributed by atoms with E-state index in [1.807, 2.05) is 25.3 Å². The summed E-state index contributed by atoms with van der Waals surface area (Å²) < 4.78 is 71.3. The molecule has 0 bridgehead atoms. The Morgan fingerprint density at radius 1 is 1.21 bits per heavy atom. The Bertz CT molecular complexity index is 998. The first kappa shape index (κ1) is 25.5. The van der Waals surface area contributed by atoms with Crippen LogP contribution in [0.4, 0.5) is 13.2 Å². The molecule has 0 aliphatic heterocycles. The molecule has 0 saturated heterocycles. The topological polar surface area (TPSA) is 75.3 Å². The van der Waals surface area contributed by atoms with Gasteiger partial charge in [0.05, 0.1) is 29.1 Å². The Kier molecular flexibility index (Phi) is 8.36. The van der Waals surface area contributed by atoms with Gasteiger partial charge < -0.3 is 9.72 Å². The van der Waals surface area contributed by atoms with E-state index in [-0.39, 0.29) is 22.8 Å². The van der Waals surface area contributed by atoms with Crippen molar-refractivity contribution in [2.75, 3.05) is 20.2 Å². The molecule has 1 N–H and O–H groups in total. The van der Waals surface area contributed by atoms with E-state index in [1.165, 1.54) is 11.4 Å². The van der Waals surface area contributed by atoms with Crippen molar-refractivity contribution in [1.29, 1.82) is 0 Å². The number of H-pyrrole nitrogens is 1. The van der Waals surface area contributed by atoms with Crippen molar-refractivity contribution in [1.82, 2.24) is 14.3 Å². The lowest BCUT2D eigenvalue weighted by Crippen LogP contribution is -2.34. The van der Waals surface area contributed by atoms with Gasteiger partial charge in [-0.2, -0.15) is 13.2 Å². The molecule has 0 amide bonds. The van der Waals surface area contributed by atoms with Crippen LogP contribution in [0.15, 0.2) is 53.8 Å². The van der Waals surface area contributed by atoms with E-state index in [1.54, 1.807) is 6.33 Å². The van der Waals surface area contributed by atoms with Crippen LogP contribution in [0.3, 0.4) is 0 Å². The first-order chi connectivity index (χ1) is 15.6. The molecule has 1 saturated carbocycles. The molecule has 1 heterocycles. The molecule has 1 atom stereocenters. The summed E-state index contributed by atoms with van der Waals surface area (Å²) in [5.74, 6) is 0.456. The fourth-order valence-electron chi connectivity index (χ4n) is 4.28. The second-order valence-electron chi connectivity index (χ2n) is 8.41. The number of hydrogen-bond acceptors (Lipinski definition) is 4. The van der Waals surface area contributed by atoms with Crippen LogP contribution in [0, 0.1) is 11.8 Å². The lowest BCUT2D eigenvalue weighted by atomic mass is 9.78. The molecule has 0 radical (unpaired) electrons. The fraction of sp³-hybridized carbons (Fsp3) is 0.522. The number of aromatic amines is 1. The summed E-state index contributed by atoms with van der Waals surface area (Å²) in [6.45, 7) is 2.76. The quantitative estimate of drug-likeness (QED) is 0.496. The second-order valence-corrected chi connectivity index (χ2v) is 10.5. The maximum atomic E-state index is 12.8. The minimum atomic E-state index is -4.50. The summed E-state index contributed by atoms with van der Waals surface area (Å²) in [6.07, 6.45) is 6.18. The van der Waals surface area contributed by atoms with Crippen molar-refractivity contribution >= 4 is 10.0 Å². The van der Waals surface area contributed by atoms with Gasteiger partial charge in [0.1, 0.15) is 6.10 Å². The Morgan fingerprint density at radius 2 is 1.88 bits per heavy atom. The number of halogens is 3. The number of nitrogens with zero attached hydrogens (tertiary/aromatic N) is 2. The average molecular weight is 486 g/mol. The van der Waals surface area contributed by atoms with Crippen molar-refractivity contribution in [3.8, 4) is 0 Å². The summed E-state index contributed by atoms with van der Waals surface area (Å²) in [5, 5.41) is 0. The number of benzene rings is 1. The van der Waals surface area contributed by atoms with Crippen LogP contribution in [0.5, 0.6) is 0 Å². The van der Waals surface area contributed by atoms with E-state index in [0.717, 1.165) is 55.6 Å². The average Bonchev–Trinajstić information content (AvgIpc) is 3.31. The molecular weight excluding hydrogens is 455 g/mol. The van der Waals surface area contributed by atoms with Gasteiger partial charge in [-0.3, -0.25) is 0 Å². The summed E-state index contributed by atoms with van der Waals surface area (Å²) >= 11 is 0. The van der Waals surface area contributed by atoms with Crippen LogP contribution in [-0.4, -0.2) is 42.9 Å². The van der Waals surface area contributed by atoms with Crippen LogP contribution in [0.2, 0.25) is 0 Å². The van der Waals surface area contributed by atoms with Gasteiger partial charge in [-0.1, -0.05) is 12.2 Å². The fourth-order valence-corrected chi connectivity index (χ4v) is 5.52. The molecule has 6 nitrogen and oxygen atoms in total. The van der Waals surface area contributed by atoms with Crippen molar-refractivity contribution in [3.05, 3.63) is 60.2 Å². The van der Waals surface area contributed by atoms with Gasteiger partial charge in [0.25, 0.3) is 0 Å². The third kappa shape index (κ3) is 6.45. The highest BCUT2D eigenvalue weighted by atomic mass is 32.2. The van der Waals surface area contributed by atoms with E-state index >= 15 is 0 Å². The molecule has 1 aromatic carbocycles. The summed E-state index contributed by atoms with van der Waals surface area (Å²) in [5.41, 5.74) is -0.00418. The molecule has 1 aliphatic carbocycles. The van der Waals surface area contributed by atoms with Gasteiger partial charge in [-0.15, -0.1) is 0 Å². The molecule has 1 aliphatic rings. The highest BCUT2D eigenvalue weighted by Gasteiger charge is 2.33. The highest BCUT2D eigenvalue weighted by Crippen LogP contribution is 2.39. The summed E-state index contributed by atoms with van der Waals surface area (Å²) in [4.78, 5) is 7.20. The number of rotatable bonds is 9. The minimum Gasteiger partial charge on any atom is -0.368 e. The predicted octanol–water partition coefficient (Wildman–Crippen LogP) is 5.19. The standard InChI is InChI=1S/C23H30F3N3O3S/c1-3-4-13-32-22(21-14-27-16-28-21)18-7-5-17(6-8-18)15-29(2)33(30,31)20-11-9-19(10-12-20)23(24,25)26/h3-4,9-12,14,16-18,22H,5-8,13,15H2,1-2H3,(H,27,28)/b4-3+. The zero-order valence-electron chi connectivity index (χ0n) is 18.8. The number of aromatic nitrogens is 2. The summed E-state index contributed by atoms with van der Waals surface area (Å²) in [6, 6.07) is 3.63.